The average molecular weight is 232 g/mol. The van der Waals surface area contributed by atoms with E-state index in [0.717, 1.165) is 17.3 Å². The average Bonchev–Trinajstić information content (AvgIpc) is 2.32. The summed E-state index contributed by atoms with van der Waals surface area (Å²) in [6, 6.07) is 5.69. The summed E-state index contributed by atoms with van der Waals surface area (Å²) in [6.07, 6.45) is 4.06. The number of rotatable bonds is 3. The van der Waals surface area contributed by atoms with Gasteiger partial charge in [-0.25, -0.2) is 0 Å². The lowest BCUT2D eigenvalue weighted by atomic mass is 10.0. The smallest absolute Gasteiger partial charge is 0.101 e. The van der Waals surface area contributed by atoms with Gasteiger partial charge in [0.25, 0.3) is 0 Å². The van der Waals surface area contributed by atoms with Crippen molar-refractivity contribution in [2.24, 2.45) is 5.92 Å². The van der Waals surface area contributed by atoms with Crippen LogP contribution in [0.2, 0.25) is 0 Å². The van der Waals surface area contributed by atoms with E-state index in [4.69, 9.17) is 5.26 Å². The van der Waals surface area contributed by atoms with Gasteiger partial charge in [-0.2, -0.15) is 5.26 Å². The maximum atomic E-state index is 8.52. The molecule has 0 unspecified atom stereocenters. The maximum absolute atomic E-state index is 8.52. The number of aromatic nitrogens is 1. The van der Waals surface area contributed by atoms with Crippen molar-refractivity contribution < 1.29 is 0 Å². The number of nitriles is 1. The van der Waals surface area contributed by atoms with Crippen molar-refractivity contribution >= 4 is 0 Å². The summed E-state index contributed by atoms with van der Waals surface area (Å²) in [6.45, 7) is 10.5. The van der Waals surface area contributed by atoms with Gasteiger partial charge in [-0.15, -0.1) is 0 Å². The molecule has 0 atom stereocenters. The van der Waals surface area contributed by atoms with E-state index in [-0.39, 0.29) is 0 Å². The highest BCUT2D eigenvalue weighted by Gasteiger charge is 1.96. The molecule has 0 saturated heterocycles. The van der Waals surface area contributed by atoms with Crippen LogP contribution >= 0.6 is 0 Å². The summed E-state index contributed by atoms with van der Waals surface area (Å²) in [5, 5.41) is 8.52. The Balaban J connectivity index is 0.000000325. The molecule has 0 aliphatic rings. The standard InChI is InChI=1S/C8H8N2.C7H16/c1-6-3-4-8(5-9)7(2)10-6;1-4-7(5-2)6-3/h3-4H,1-2H3;7H,4-6H2,1-3H3. The molecule has 0 spiro atoms. The number of aryl methyl sites for hydroxylation is 2. The van der Waals surface area contributed by atoms with Crippen molar-refractivity contribution in [1.29, 1.82) is 5.26 Å². The molecule has 1 heterocycles. The summed E-state index contributed by atoms with van der Waals surface area (Å²) < 4.78 is 0. The first-order valence-electron chi connectivity index (χ1n) is 6.43. The van der Waals surface area contributed by atoms with E-state index in [1.165, 1.54) is 19.3 Å². The minimum absolute atomic E-state index is 0.658. The van der Waals surface area contributed by atoms with Gasteiger partial charge < -0.3 is 0 Å². The lowest BCUT2D eigenvalue weighted by Gasteiger charge is -2.05. The van der Waals surface area contributed by atoms with Gasteiger partial charge in [-0.3, -0.25) is 4.98 Å². The van der Waals surface area contributed by atoms with Crippen LogP contribution < -0.4 is 0 Å². The Morgan fingerprint density at radius 1 is 1.12 bits per heavy atom. The minimum atomic E-state index is 0.658. The first-order valence-corrected chi connectivity index (χ1v) is 6.43. The van der Waals surface area contributed by atoms with E-state index in [1.807, 2.05) is 19.9 Å². The van der Waals surface area contributed by atoms with Crippen LogP contribution in [-0.4, -0.2) is 4.98 Å². The fraction of sp³-hybridized carbons (Fsp3) is 0.600. The Morgan fingerprint density at radius 3 is 1.94 bits per heavy atom. The van der Waals surface area contributed by atoms with Crippen LogP contribution in [0, 0.1) is 31.1 Å². The topological polar surface area (TPSA) is 36.7 Å². The van der Waals surface area contributed by atoms with E-state index < -0.39 is 0 Å². The molecule has 0 aliphatic heterocycles. The fourth-order valence-electron chi connectivity index (χ4n) is 1.67. The molecule has 94 valence electrons. The summed E-state index contributed by atoms with van der Waals surface area (Å²) in [4.78, 5) is 4.12. The Kier molecular flexibility index (Phi) is 8.05. The molecule has 2 heteroatoms. The lowest BCUT2D eigenvalue weighted by Crippen LogP contribution is -1.91. The van der Waals surface area contributed by atoms with Crippen LogP contribution in [0.4, 0.5) is 0 Å². The molecule has 1 aromatic heterocycles. The quantitative estimate of drug-likeness (QED) is 0.774. The van der Waals surface area contributed by atoms with Crippen LogP contribution in [0.25, 0.3) is 0 Å². The predicted molar refractivity (Wildman–Crippen MR) is 72.8 cm³/mol. The molecule has 1 rings (SSSR count). The number of hydrogen-bond acceptors (Lipinski definition) is 2. The minimum Gasteiger partial charge on any atom is -0.257 e. The van der Waals surface area contributed by atoms with Gasteiger partial charge in [-0.05, 0) is 31.9 Å². The molecular weight excluding hydrogens is 208 g/mol. The van der Waals surface area contributed by atoms with E-state index in [0.29, 0.717) is 5.56 Å². The fourth-order valence-corrected chi connectivity index (χ4v) is 1.67. The highest BCUT2D eigenvalue weighted by atomic mass is 14.7. The Hall–Kier alpha value is -1.36. The first kappa shape index (κ1) is 15.6. The van der Waals surface area contributed by atoms with Gasteiger partial charge >= 0.3 is 0 Å². The second-order valence-electron chi connectivity index (χ2n) is 4.29. The van der Waals surface area contributed by atoms with E-state index in [9.17, 15) is 0 Å². The Labute approximate surface area is 106 Å². The predicted octanol–water partition coefficient (Wildman–Crippen LogP) is 4.40. The zero-order valence-electron chi connectivity index (χ0n) is 11.7. The van der Waals surface area contributed by atoms with Gasteiger partial charge in [-0.1, -0.05) is 40.0 Å². The van der Waals surface area contributed by atoms with Crippen molar-refractivity contribution in [3.63, 3.8) is 0 Å². The van der Waals surface area contributed by atoms with Gasteiger partial charge in [0, 0.05) is 5.69 Å². The van der Waals surface area contributed by atoms with Crippen LogP contribution in [0.15, 0.2) is 12.1 Å². The largest absolute Gasteiger partial charge is 0.257 e. The van der Waals surface area contributed by atoms with Crippen LogP contribution in [0.1, 0.15) is 57.0 Å². The van der Waals surface area contributed by atoms with Crippen molar-refractivity contribution in [3.05, 3.63) is 29.1 Å². The van der Waals surface area contributed by atoms with Crippen LogP contribution in [-0.2, 0) is 0 Å². The molecule has 0 aromatic carbocycles. The monoisotopic (exact) mass is 232 g/mol. The number of hydrogen-bond donors (Lipinski definition) is 0. The van der Waals surface area contributed by atoms with E-state index >= 15 is 0 Å². The zero-order valence-corrected chi connectivity index (χ0v) is 11.7. The molecule has 0 saturated carbocycles. The third-order valence-electron chi connectivity index (χ3n) is 3.08. The van der Waals surface area contributed by atoms with E-state index in [2.05, 4.69) is 31.8 Å². The van der Waals surface area contributed by atoms with Gasteiger partial charge in [0.2, 0.25) is 0 Å². The zero-order chi connectivity index (χ0) is 13.3. The second kappa shape index (κ2) is 8.75. The molecule has 0 aliphatic carbocycles. The molecule has 0 amide bonds. The third-order valence-corrected chi connectivity index (χ3v) is 3.08. The van der Waals surface area contributed by atoms with Crippen molar-refractivity contribution in [2.45, 2.75) is 53.9 Å². The normalized spacial score (nSPS) is 9.47. The molecule has 17 heavy (non-hydrogen) atoms. The highest BCUT2D eigenvalue weighted by molar-refractivity contribution is 5.32. The summed E-state index contributed by atoms with van der Waals surface area (Å²) in [7, 11) is 0. The molecule has 0 bridgehead atoms. The third kappa shape index (κ3) is 6.06. The van der Waals surface area contributed by atoms with Crippen molar-refractivity contribution in [2.75, 3.05) is 0 Å². The molecule has 0 fully saturated rings. The second-order valence-corrected chi connectivity index (χ2v) is 4.29. The Bertz CT molecular complexity index is 354. The van der Waals surface area contributed by atoms with Gasteiger partial charge in [0.1, 0.15) is 6.07 Å². The number of pyridine rings is 1. The van der Waals surface area contributed by atoms with Crippen LogP contribution in [0.3, 0.4) is 0 Å². The summed E-state index contributed by atoms with van der Waals surface area (Å²) in [5.41, 5.74) is 2.42. The molecule has 0 radical (unpaired) electrons. The highest BCUT2D eigenvalue weighted by Crippen LogP contribution is 2.10. The van der Waals surface area contributed by atoms with E-state index in [1.54, 1.807) is 6.07 Å². The lowest BCUT2D eigenvalue weighted by molar-refractivity contribution is 0.477. The summed E-state index contributed by atoms with van der Waals surface area (Å²) in [5.74, 6) is 0.986. The molecular formula is C15H24N2. The maximum Gasteiger partial charge on any atom is 0.101 e. The van der Waals surface area contributed by atoms with Gasteiger partial charge in [0.15, 0.2) is 0 Å². The number of nitrogens with zero attached hydrogens (tertiary/aromatic N) is 2. The molecule has 2 nitrogen and oxygen atoms in total. The van der Waals surface area contributed by atoms with Crippen molar-refractivity contribution in [1.82, 2.24) is 4.98 Å². The van der Waals surface area contributed by atoms with Crippen molar-refractivity contribution in [3.8, 4) is 6.07 Å². The Morgan fingerprint density at radius 2 is 1.65 bits per heavy atom. The van der Waals surface area contributed by atoms with Crippen LogP contribution in [0.5, 0.6) is 0 Å². The first-order chi connectivity index (χ1) is 8.08. The summed E-state index contributed by atoms with van der Waals surface area (Å²) >= 11 is 0. The SMILES string of the molecule is CCC(CC)CC.Cc1ccc(C#N)c(C)n1. The molecule has 0 N–H and O–H groups in total. The molecule has 1 aromatic rings. The van der Waals surface area contributed by atoms with Gasteiger partial charge in [0.05, 0.1) is 11.3 Å².